The number of hydrogen-bond donors (Lipinski definition) is 1. The molecule has 0 aliphatic carbocycles. The van der Waals surface area contributed by atoms with Crippen LogP contribution in [0.3, 0.4) is 0 Å². The Morgan fingerprint density at radius 3 is 2.56 bits per heavy atom. The van der Waals surface area contributed by atoms with Crippen molar-refractivity contribution in [2.24, 2.45) is 5.73 Å². The van der Waals surface area contributed by atoms with Crippen molar-refractivity contribution in [1.29, 1.82) is 0 Å². The second kappa shape index (κ2) is 7.69. The molecule has 1 heterocycles. The number of amides is 1. The number of rotatable bonds is 6. The van der Waals surface area contributed by atoms with Gasteiger partial charge in [-0.1, -0.05) is 12.1 Å². The van der Waals surface area contributed by atoms with Crippen LogP contribution in [0.15, 0.2) is 24.3 Å². The van der Waals surface area contributed by atoms with Crippen LogP contribution in [0.25, 0.3) is 10.9 Å². The second-order valence-corrected chi connectivity index (χ2v) is 7.36. The third kappa shape index (κ3) is 4.99. The smallest absolute Gasteiger partial charge is 0.314 e. The number of pyridine rings is 1. The molecule has 0 saturated carbocycles. The zero-order chi connectivity index (χ0) is 20.4. The summed E-state index contributed by atoms with van der Waals surface area (Å²) in [7, 11) is 0. The molecule has 2 N–H and O–H groups in total. The van der Waals surface area contributed by atoms with E-state index in [0.29, 0.717) is 16.6 Å². The number of nitro groups is 1. The molecule has 1 amide bonds. The molecule has 0 aliphatic heterocycles. The summed E-state index contributed by atoms with van der Waals surface area (Å²) in [4.78, 5) is 39.1. The summed E-state index contributed by atoms with van der Waals surface area (Å²) in [5.74, 6) is -1.75. The van der Waals surface area contributed by atoms with Crippen LogP contribution in [0.2, 0.25) is 0 Å². The van der Waals surface area contributed by atoms with Gasteiger partial charge in [-0.05, 0) is 45.7 Å². The molecule has 1 aromatic heterocycles. The number of non-ortho nitro benzene ring substituents is 1. The quantitative estimate of drug-likeness (QED) is 0.471. The van der Waals surface area contributed by atoms with Crippen molar-refractivity contribution >= 4 is 28.5 Å². The average Bonchev–Trinajstić information content (AvgIpc) is 2.52. The van der Waals surface area contributed by atoms with E-state index in [9.17, 15) is 19.7 Å². The molecule has 144 valence electrons. The molecule has 1 aromatic carbocycles. The minimum absolute atomic E-state index is 0.0102. The molecule has 2 aromatic rings. The Balaban J connectivity index is 2.55. The molecule has 1 unspecified atom stereocenters. The van der Waals surface area contributed by atoms with E-state index in [1.54, 1.807) is 45.9 Å². The van der Waals surface area contributed by atoms with Crippen LogP contribution in [0.5, 0.6) is 0 Å². The molecule has 1 atom stereocenters. The Kier molecular flexibility index (Phi) is 5.78. The van der Waals surface area contributed by atoms with Crippen molar-refractivity contribution in [3.63, 3.8) is 0 Å². The fourth-order valence-electron chi connectivity index (χ4n) is 2.85. The maximum absolute atomic E-state index is 12.7. The van der Waals surface area contributed by atoms with Gasteiger partial charge in [-0.2, -0.15) is 0 Å². The lowest BCUT2D eigenvalue weighted by atomic mass is 9.91. The molecule has 8 nitrogen and oxygen atoms in total. The molecule has 27 heavy (non-hydrogen) atoms. The molecule has 0 spiro atoms. The number of ether oxygens (including phenoxy) is 1. The zero-order valence-corrected chi connectivity index (χ0v) is 15.8. The Morgan fingerprint density at radius 1 is 1.33 bits per heavy atom. The van der Waals surface area contributed by atoms with Gasteiger partial charge in [0.25, 0.3) is 5.69 Å². The number of carbonyl (C=O) groups is 2. The van der Waals surface area contributed by atoms with Gasteiger partial charge in [0.1, 0.15) is 11.1 Å². The molecule has 8 heteroatoms. The Labute approximate surface area is 156 Å². The highest BCUT2D eigenvalue weighted by molar-refractivity contribution is 5.89. The van der Waals surface area contributed by atoms with E-state index in [1.165, 1.54) is 6.07 Å². The molecule has 0 fully saturated rings. The molecule has 2 rings (SSSR count). The lowest BCUT2D eigenvalue weighted by Gasteiger charge is -2.25. The predicted molar refractivity (Wildman–Crippen MR) is 100 cm³/mol. The van der Waals surface area contributed by atoms with Gasteiger partial charge in [-0.3, -0.25) is 19.7 Å². The highest BCUT2D eigenvalue weighted by atomic mass is 16.6. The first-order chi connectivity index (χ1) is 12.5. The third-order valence-corrected chi connectivity index (χ3v) is 4.00. The van der Waals surface area contributed by atoms with E-state index in [1.807, 2.05) is 0 Å². The van der Waals surface area contributed by atoms with Crippen molar-refractivity contribution in [2.45, 2.75) is 52.1 Å². The Bertz CT molecular complexity index is 902. The topological polar surface area (TPSA) is 125 Å². The number of nitrogens with zero attached hydrogens (tertiary/aromatic N) is 2. The van der Waals surface area contributed by atoms with Gasteiger partial charge in [0.05, 0.1) is 10.8 Å². The standard InChI is InChI=1S/C19H23N3O5/c1-11-14(10-12-6-5-7-15(22(25)26)17(12)21-11)13(8-9-16(20)23)18(24)27-19(2,3)4/h5-7,10,13H,8-9H2,1-4H3,(H2,20,23). The fraction of sp³-hybridized carbons (Fsp3) is 0.421. The number of hydrogen-bond acceptors (Lipinski definition) is 6. The normalized spacial score (nSPS) is 12.6. The number of para-hydroxylation sites is 1. The van der Waals surface area contributed by atoms with E-state index in [-0.39, 0.29) is 24.0 Å². The number of carbonyl (C=O) groups excluding carboxylic acids is 2. The maximum atomic E-state index is 12.7. The van der Waals surface area contributed by atoms with Gasteiger partial charge in [0.2, 0.25) is 5.91 Å². The minimum atomic E-state index is -0.743. The third-order valence-electron chi connectivity index (χ3n) is 4.00. The summed E-state index contributed by atoms with van der Waals surface area (Å²) >= 11 is 0. The Hall–Kier alpha value is -3.03. The van der Waals surface area contributed by atoms with Crippen LogP contribution >= 0.6 is 0 Å². The maximum Gasteiger partial charge on any atom is 0.314 e. The highest BCUT2D eigenvalue weighted by Crippen LogP contribution is 2.32. The summed E-state index contributed by atoms with van der Waals surface area (Å²) in [6, 6.07) is 6.33. The predicted octanol–water partition coefficient (Wildman–Crippen LogP) is 3.14. The van der Waals surface area contributed by atoms with Crippen molar-refractivity contribution < 1.29 is 19.2 Å². The summed E-state index contributed by atoms with van der Waals surface area (Å²) in [6.45, 7) is 6.94. The lowest BCUT2D eigenvalue weighted by Crippen LogP contribution is -2.29. The molecular weight excluding hydrogens is 350 g/mol. The fourth-order valence-corrected chi connectivity index (χ4v) is 2.85. The van der Waals surface area contributed by atoms with E-state index < -0.39 is 28.3 Å². The molecule has 0 bridgehead atoms. The monoisotopic (exact) mass is 373 g/mol. The number of aromatic nitrogens is 1. The number of fused-ring (bicyclic) bond motifs is 1. The van der Waals surface area contributed by atoms with Gasteiger partial charge in [0.15, 0.2) is 0 Å². The van der Waals surface area contributed by atoms with Gasteiger partial charge < -0.3 is 10.5 Å². The second-order valence-electron chi connectivity index (χ2n) is 7.36. The number of esters is 1. The Morgan fingerprint density at radius 2 is 2.00 bits per heavy atom. The first-order valence-electron chi connectivity index (χ1n) is 8.55. The first kappa shape index (κ1) is 20.3. The number of nitrogens with two attached hydrogens (primary N) is 1. The minimum Gasteiger partial charge on any atom is -0.459 e. The van der Waals surface area contributed by atoms with E-state index >= 15 is 0 Å². The van der Waals surface area contributed by atoms with Crippen LogP contribution in [0, 0.1) is 17.0 Å². The van der Waals surface area contributed by atoms with Crippen molar-refractivity contribution in [2.75, 3.05) is 0 Å². The van der Waals surface area contributed by atoms with E-state index in [4.69, 9.17) is 10.5 Å². The number of nitro benzene ring substituents is 1. The van der Waals surface area contributed by atoms with Gasteiger partial charge in [0, 0.05) is 23.6 Å². The molecule has 0 aliphatic rings. The average molecular weight is 373 g/mol. The van der Waals surface area contributed by atoms with Crippen LogP contribution in [-0.4, -0.2) is 27.4 Å². The highest BCUT2D eigenvalue weighted by Gasteiger charge is 2.29. The number of benzene rings is 1. The number of primary amides is 1. The summed E-state index contributed by atoms with van der Waals surface area (Å²) in [5, 5.41) is 11.8. The molecule has 0 radical (unpaired) electrons. The van der Waals surface area contributed by atoms with Gasteiger partial charge in [-0.15, -0.1) is 0 Å². The zero-order valence-electron chi connectivity index (χ0n) is 15.8. The van der Waals surface area contributed by atoms with Gasteiger partial charge in [-0.25, -0.2) is 4.98 Å². The molecular formula is C19H23N3O5. The van der Waals surface area contributed by atoms with Crippen LogP contribution in [0.4, 0.5) is 5.69 Å². The van der Waals surface area contributed by atoms with Crippen molar-refractivity contribution in [3.8, 4) is 0 Å². The summed E-state index contributed by atoms with van der Waals surface area (Å²) in [6.07, 6.45) is 0.184. The van der Waals surface area contributed by atoms with Crippen molar-refractivity contribution in [1.82, 2.24) is 4.98 Å². The SMILES string of the molecule is Cc1nc2c([N+](=O)[O-])cccc2cc1C(CCC(N)=O)C(=O)OC(C)(C)C. The van der Waals surface area contributed by atoms with Crippen LogP contribution in [-0.2, 0) is 14.3 Å². The summed E-state index contributed by atoms with van der Waals surface area (Å²) in [5.41, 5.74) is 5.74. The first-order valence-corrected chi connectivity index (χ1v) is 8.55. The van der Waals surface area contributed by atoms with Gasteiger partial charge >= 0.3 is 5.97 Å². The van der Waals surface area contributed by atoms with Crippen LogP contribution in [0.1, 0.15) is 50.8 Å². The number of aryl methyl sites for hydroxylation is 1. The van der Waals surface area contributed by atoms with Crippen molar-refractivity contribution in [3.05, 3.63) is 45.6 Å². The van der Waals surface area contributed by atoms with E-state index in [2.05, 4.69) is 4.98 Å². The lowest BCUT2D eigenvalue weighted by molar-refractivity contribution is -0.383. The molecule has 0 saturated heterocycles. The van der Waals surface area contributed by atoms with E-state index in [0.717, 1.165) is 0 Å². The largest absolute Gasteiger partial charge is 0.459 e. The van der Waals surface area contributed by atoms with Crippen LogP contribution < -0.4 is 5.73 Å². The summed E-state index contributed by atoms with van der Waals surface area (Å²) < 4.78 is 5.49.